The Balaban J connectivity index is 3.06. The minimum absolute atomic E-state index is 0.308. The smallest absolute Gasteiger partial charge is 0.357 e. The SMILES string of the molecule is O=S(O)Oc1cc(Br)c(Br)c(Br)c1. The Morgan fingerprint density at radius 1 is 1.23 bits per heavy atom. The van der Waals surface area contributed by atoms with Crippen LogP contribution in [0.3, 0.4) is 0 Å². The molecule has 0 aliphatic rings. The molecule has 1 atom stereocenters. The molecule has 1 aromatic rings. The van der Waals surface area contributed by atoms with Gasteiger partial charge in [-0.25, -0.2) is 0 Å². The Labute approximate surface area is 103 Å². The zero-order valence-corrected chi connectivity index (χ0v) is 11.5. The van der Waals surface area contributed by atoms with E-state index in [1.807, 2.05) is 0 Å². The largest absolute Gasteiger partial charge is 0.380 e. The average Bonchev–Trinajstić information content (AvgIpc) is 1.98. The van der Waals surface area contributed by atoms with E-state index in [2.05, 4.69) is 52.0 Å². The van der Waals surface area contributed by atoms with Crippen LogP contribution in [0.2, 0.25) is 0 Å². The highest BCUT2D eigenvalue weighted by Gasteiger charge is 2.07. The van der Waals surface area contributed by atoms with Gasteiger partial charge < -0.3 is 4.18 Å². The maximum Gasteiger partial charge on any atom is 0.357 e. The van der Waals surface area contributed by atoms with Gasteiger partial charge in [-0.2, -0.15) is 4.21 Å². The molecule has 1 N–H and O–H groups in total. The quantitative estimate of drug-likeness (QED) is 0.617. The average molecular weight is 395 g/mol. The van der Waals surface area contributed by atoms with Crippen molar-refractivity contribution in [3.05, 3.63) is 25.6 Å². The van der Waals surface area contributed by atoms with Crippen LogP contribution < -0.4 is 4.18 Å². The monoisotopic (exact) mass is 392 g/mol. The molecule has 7 heteroatoms. The Morgan fingerprint density at radius 3 is 2.08 bits per heavy atom. The molecule has 0 saturated heterocycles. The van der Waals surface area contributed by atoms with Crippen LogP contribution in [-0.4, -0.2) is 8.76 Å². The summed E-state index contributed by atoms with van der Waals surface area (Å²) in [6, 6.07) is 3.17. The standard InChI is InChI=1S/C6H3Br3O3S/c7-4-1-3(12-13(10)11)2-5(8)6(4)9/h1-2H,(H,10,11). The van der Waals surface area contributed by atoms with E-state index < -0.39 is 11.4 Å². The highest BCUT2D eigenvalue weighted by atomic mass is 79.9. The maximum absolute atomic E-state index is 10.3. The molecule has 0 amide bonds. The Hall–Kier alpha value is 0.570. The van der Waals surface area contributed by atoms with E-state index in [1.54, 1.807) is 12.1 Å². The normalized spacial score (nSPS) is 12.6. The summed E-state index contributed by atoms with van der Waals surface area (Å²) in [5, 5.41) is 0. The van der Waals surface area contributed by atoms with Crippen molar-refractivity contribution in [3.8, 4) is 5.75 Å². The molecule has 1 aromatic carbocycles. The van der Waals surface area contributed by atoms with Gasteiger partial charge in [-0.15, -0.1) is 0 Å². The molecule has 0 fully saturated rings. The van der Waals surface area contributed by atoms with E-state index in [0.717, 1.165) is 13.4 Å². The van der Waals surface area contributed by atoms with Crippen molar-refractivity contribution >= 4 is 59.2 Å². The van der Waals surface area contributed by atoms with E-state index >= 15 is 0 Å². The van der Waals surface area contributed by atoms with Crippen LogP contribution in [0.4, 0.5) is 0 Å². The number of rotatable bonds is 2. The summed E-state index contributed by atoms with van der Waals surface area (Å²) in [4.78, 5) is 0. The van der Waals surface area contributed by atoms with Gasteiger partial charge in [-0.3, -0.25) is 4.55 Å². The summed E-state index contributed by atoms with van der Waals surface area (Å²) >= 11 is 7.49. The first-order valence-corrected chi connectivity index (χ1v) is 6.35. The molecule has 0 spiro atoms. The van der Waals surface area contributed by atoms with Crippen LogP contribution in [0.5, 0.6) is 5.75 Å². The van der Waals surface area contributed by atoms with Crippen LogP contribution in [0.1, 0.15) is 0 Å². The maximum atomic E-state index is 10.3. The first kappa shape index (κ1) is 11.6. The van der Waals surface area contributed by atoms with E-state index in [-0.39, 0.29) is 0 Å². The number of hydrogen-bond donors (Lipinski definition) is 1. The predicted molar refractivity (Wildman–Crippen MR) is 60.9 cm³/mol. The molecule has 0 bridgehead atoms. The highest BCUT2D eigenvalue weighted by Crippen LogP contribution is 2.35. The summed E-state index contributed by atoms with van der Waals surface area (Å²) in [6.07, 6.45) is 0. The zero-order chi connectivity index (χ0) is 10.0. The fourth-order valence-electron chi connectivity index (χ4n) is 0.663. The Morgan fingerprint density at radius 2 is 1.69 bits per heavy atom. The van der Waals surface area contributed by atoms with Crippen molar-refractivity contribution in [1.82, 2.24) is 0 Å². The molecule has 0 heterocycles. The molecule has 0 aliphatic carbocycles. The van der Waals surface area contributed by atoms with Gasteiger partial charge in [0.15, 0.2) is 0 Å². The minimum atomic E-state index is -2.30. The lowest BCUT2D eigenvalue weighted by atomic mass is 10.3. The van der Waals surface area contributed by atoms with Crippen LogP contribution >= 0.6 is 47.8 Å². The van der Waals surface area contributed by atoms with Gasteiger partial charge in [-0.05, 0) is 59.9 Å². The third kappa shape index (κ3) is 3.32. The first-order chi connectivity index (χ1) is 6.00. The molecule has 0 aliphatic heterocycles. The second-order valence-electron chi connectivity index (χ2n) is 2.00. The van der Waals surface area contributed by atoms with E-state index in [9.17, 15) is 4.21 Å². The lowest BCUT2D eigenvalue weighted by Gasteiger charge is -2.04. The second kappa shape index (κ2) is 4.88. The molecule has 3 nitrogen and oxygen atoms in total. The molecular weight excluding hydrogens is 392 g/mol. The molecule has 0 saturated carbocycles. The summed E-state index contributed by atoms with van der Waals surface area (Å²) in [7, 11) is 0. The van der Waals surface area contributed by atoms with E-state index in [1.165, 1.54) is 0 Å². The van der Waals surface area contributed by atoms with Crippen molar-refractivity contribution in [3.63, 3.8) is 0 Å². The fourth-order valence-corrected chi connectivity index (χ4v) is 2.30. The van der Waals surface area contributed by atoms with Crippen molar-refractivity contribution in [1.29, 1.82) is 0 Å². The van der Waals surface area contributed by atoms with E-state index in [4.69, 9.17) is 4.55 Å². The van der Waals surface area contributed by atoms with Gasteiger partial charge in [0.1, 0.15) is 5.75 Å². The van der Waals surface area contributed by atoms with Gasteiger partial charge in [0.25, 0.3) is 0 Å². The molecule has 72 valence electrons. The number of benzene rings is 1. The van der Waals surface area contributed by atoms with Gasteiger partial charge in [0, 0.05) is 13.4 Å². The molecular formula is C6H3Br3O3S. The molecule has 13 heavy (non-hydrogen) atoms. The highest BCUT2D eigenvalue weighted by molar-refractivity contribution is 9.14. The van der Waals surface area contributed by atoms with Gasteiger partial charge >= 0.3 is 11.4 Å². The predicted octanol–water partition coefficient (Wildman–Crippen LogP) is 3.49. The third-order valence-corrected chi connectivity index (χ3v) is 4.63. The minimum Gasteiger partial charge on any atom is -0.380 e. The van der Waals surface area contributed by atoms with Crippen LogP contribution in [0.15, 0.2) is 25.6 Å². The second-order valence-corrected chi connectivity index (χ2v) is 5.10. The first-order valence-electron chi connectivity index (χ1n) is 2.94. The van der Waals surface area contributed by atoms with Gasteiger partial charge in [-0.1, -0.05) is 0 Å². The molecule has 0 radical (unpaired) electrons. The van der Waals surface area contributed by atoms with E-state index in [0.29, 0.717) is 5.75 Å². The fraction of sp³-hybridized carbons (Fsp3) is 0. The summed E-state index contributed by atoms with van der Waals surface area (Å²) in [5.74, 6) is 0.308. The topological polar surface area (TPSA) is 46.5 Å². The van der Waals surface area contributed by atoms with Crippen molar-refractivity contribution in [2.45, 2.75) is 0 Å². The Kier molecular flexibility index (Phi) is 4.37. The van der Waals surface area contributed by atoms with Gasteiger partial charge in [0.2, 0.25) is 0 Å². The van der Waals surface area contributed by atoms with Gasteiger partial charge in [0.05, 0.1) is 0 Å². The lowest BCUT2D eigenvalue weighted by molar-refractivity contribution is 0.457. The van der Waals surface area contributed by atoms with Crippen LogP contribution in [0.25, 0.3) is 0 Å². The lowest BCUT2D eigenvalue weighted by Crippen LogP contribution is -1.97. The van der Waals surface area contributed by atoms with Crippen molar-refractivity contribution < 1.29 is 12.9 Å². The zero-order valence-electron chi connectivity index (χ0n) is 5.96. The molecule has 1 unspecified atom stereocenters. The van der Waals surface area contributed by atoms with Crippen molar-refractivity contribution in [2.24, 2.45) is 0 Å². The molecule has 0 aromatic heterocycles. The Bertz CT molecular complexity index is 332. The number of hydrogen-bond acceptors (Lipinski definition) is 2. The summed E-state index contributed by atoms with van der Waals surface area (Å²) in [6.45, 7) is 0. The summed E-state index contributed by atoms with van der Waals surface area (Å²) in [5.41, 5.74) is 0. The molecule has 1 rings (SSSR count). The summed E-state index contributed by atoms with van der Waals surface area (Å²) < 4.78 is 25.7. The van der Waals surface area contributed by atoms with Crippen LogP contribution in [-0.2, 0) is 11.4 Å². The third-order valence-electron chi connectivity index (χ3n) is 1.12. The number of halogens is 3. The van der Waals surface area contributed by atoms with Crippen molar-refractivity contribution in [2.75, 3.05) is 0 Å². The van der Waals surface area contributed by atoms with Crippen LogP contribution in [0, 0.1) is 0 Å².